The van der Waals surface area contributed by atoms with Crippen LogP contribution in [0, 0.1) is 0 Å². The third-order valence-electron chi connectivity index (χ3n) is 14.6. The van der Waals surface area contributed by atoms with Crippen LogP contribution in [0.1, 0.15) is 355 Å². The molecule has 0 saturated carbocycles. The Morgan fingerprint density at radius 1 is 0.274 bits per heavy atom. The van der Waals surface area contributed by atoms with Crippen LogP contribution in [0.4, 0.5) is 0 Å². The highest BCUT2D eigenvalue weighted by atomic mass is 16.6. The molecule has 0 fully saturated rings. The molecule has 0 radical (unpaired) electrons. The van der Waals surface area contributed by atoms with Gasteiger partial charge in [0, 0.05) is 19.3 Å². The van der Waals surface area contributed by atoms with Crippen molar-refractivity contribution in [1.29, 1.82) is 0 Å². The summed E-state index contributed by atoms with van der Waals surface area (Å²) in [7, 11) is 0. The van der Waals surface area contributed by atoms with Crippen LogP contribution in [0.2, 0.25) is 0 Å². The Labute approximate surface area is 455 Å². The van der Waals surface area contributed by atoms with Gasteiger partial charge in [-0.25, -0.2) is 0 Å². The first-order chi connectivity index (χ1) is 36.0. The SMILES string of the molecule is CCCCC/C=C\C/C=C\C/C=C\CCCCCCCCC(=O)OCC(COC(=O)CCCCCCCCCCCCCCCCCCC)OC(=O)CCCCCCCCCCCCCCCCCCCCC. The number of rotatable bonds is 60. The lowest BCUT2D eigenvalue weighted by molar-refractivity contribution is -0.167. The fourth-order valence-corrected chi connectivity index (χ4v) is 9.75. The number of carbonyl (C=O) groups excluding carboxylic acids is 3. The van der Waals surface area contributed by atoms with Crippen LogP contribution in [0.3, 0.4) is 0 Å². The number of hydrogen-bond acceptors (Lipinski definition) is 6. The molecule has 0 bridgehead atoms. The third kappa shape index (κ3) is 60.4. The Morgan fingerprint density at radius 3 is 0.795 bits per heavy atom. The van der Waals surface area contributed by atoms with Crippen LogP contribution in [0.5, 0.6) is 0 Å². The average molecular weight is 1030 g/mol. The van der Waals surface area contributed by atoms with Crippen LogP contribution in [-0.4, -0.2) is 37.2 Å². The van der Waals surface area contributed by atoms with E-state index in [9.17, 15) is 14.4 Å². The van der Waals surface area contributed by atoms with E-state index in [1.807, 2.05) is 0 Å². The van der Waals surface area contributed by atoms with Gasteiger partial charge in [-0.1, -0.05) is 314 Å². The molecule has 1 atom stereocenters. The summed E-state index contributed by atoms with van der Waals surface area (Å²) in [5.74, 6) is -0.856. The Hall–Kier alpha value is -2.37. The van der Waals surface area contributed by atoms with Gasteiger partial charge in [0.2, 0.25) is 0 Å². The minimum Gasteiger partial charge on any atom is -0.462 e. The number of hydrogen-bond donors (Lipinski definition) is 0. The Bertz CT molecular complexity index is 1220. The van der Waals surface area contributed by atoms with E-state index >= 15 is 0 Å². The maximum atomic E-state index is 12.9. The van der Waals surface area contributed by atoms with Gasteiger partial charge in [0.15, 0.2) is 6.10 Å². The van der Waals surface area contributed by atoms with Crippen molar-refractivity contribution in [1.82, 2.24) is 0 Å². The summed E-state index contributed by atoms with van der Waals surface area (Å²) < 4.78 is 17.0. The molecule has 0 amide bonds. The summed E-state index contributed by atoms with van der Waals surface area (Å²) in [5.41, 5.74) is 0. The van der Waals surface area contributed by atoms with E-state index in [-0.39, 0.29) is 31.1 Å². The van der Waals surface area contributed by atoms with E-state index in [2.05, 4.69) is 57.2 Å². The molecule has 428 valence electrons. The summed E-state index contributed by atoms with van der Waals surface area (Å²) in [6, 6.07) is 0. The van der Waals surface area contributed by atoms with Crippen molar-refractivity contribution in [2.24, 2.45) is 0 Å². The van der Waals surface area contributed by atoms with Gasteiger partial charge in [0.25, 0.3) is 0 Å². The molecule has 6 heteroatoms. The van der Waals surface area contributed by atoms with Gasteiger partial charge in [-0.05, 0) is 57.8 Å². The summed E-state index contributed by atoms with van der Waals surface area (Å²) in [5, 5.41) is 0. The molecule has 0 aliphatic rings. The summed E-state index contributed by atoms with van der Waals surface area (Å²) in [4.78, 5) is 38.3. The highest BCUT2D eigenvalue weighted by molar-refractivity contribution is 5.71. The Morgan fingerprint density at radius 2 is 0.493 bits per heavy atom. The molecule has 0 aliphatic carbocycles. The number of esters is 3. The van der Waals surface area contributed by atoms with Crippen molar-refractivity contribution in [2.45, 2.75) is 361 Å². The van der Waals surface area contributed by atoms with Gasteiger partial charge >= 0.3 is 17.9 Å². The Balaban J connectivity index is 4.34. The van der Waals surface area contributed by atoms with Crippen molar-refractivity contribution in [3.8, 4) is 0 Å². The van der Waals surface area contributed by atoms with Crippen molar-refractivity contribution in [3.05, 3.63) is 36.5 Å². The lowest BCUT2D eigenvalue weighted by Crippen LogP contribution is -2.30. The predicted octanol–water partition coefficient (Wildman–Crippen LogP) is 22.0. The first-order valence-corrected chi connectivity index (χ1v) is 32.5. The zero-order chi connectivity index (χ0) is 52.9. The zero-order valence-electron chi connectivity index (χ0n) is 49.2. The highest BCUT2D eigenvalue weighted by Gasteiger charge is 2.19. The summed E-state index contributed by atoms with van der Waals surface area (Å²) in [6.07, 6.45) is 75.7. The van der Waals surface area contributed by atoms with E-state index in [0.29, 0.717) is 19.3 Å². The number of ether oxygens (including phenoxy) is 3. The van der Waals surface area contributed by atoms with Gasteiger partial charge < -0.3 is 14.2 Å². The maximum Gasteiger partial charge on any atom is 0.306 e. The number of allylic oxidation sites excluding steroid dienone is 6. The molecule has 0 aromatic carbocycles. The molecule has 0 aromatic rings. The molecule has 0 aromatic heterocycles. The monoisotopic (exact) mass is 1020 g/mol. The molecule has 1 unspecified atom stereocenters. The van der Waals surface area contributed by atoms with Crippen molar-refractivity contribution < 1.29 is 28.6 Å². The van der Waals surface area contributed by atoms with Crippen molar-refractivity contribution in [3.63, 3.8) is 0 Å². The summed E-state index contributed by atoms with van der Waals surface area (Å²) in [6.45, 7) is 6.67. The van der Waals surface area contributed by atoms with E-state index in [0.717, 1.165) is 77.0 Å². The molecule has 0 spiro atoms. The smallest absolute Gasteiger partial charge is 0.306 e. The standard InChI is InChI=1S/C67H124O6/c1-4-7-10-13-16-19-22-25-28-31-33-36-39-42-45-48-51-54-57-60-66(69)72-63-64(62-71-65(68)59-56-53-50-47-44-41-38-35-30-27-24-21-18-15-12-9-6-3)73-67(70)61-58-55-52-49-46-43-40-37-34-32-29-26-23-20-17-14-11-8-5-2/h16,19,25,28,33,36,64H,4-15,17-18,20-24,26-27,29-32,34-35,37-63H2,1-3H3/b19-16-,28-25-,36-33-. The molecule has 0 saturated heterocycles. The van der Waals surface area contributed by atoms with Crippen LogP contribution in [0.15, 0.2) is 36.5 Å². The maximum absolute atomic E-state index is 12.9. The molecule has 0 N–H and O–H groups in total. The minimum absolute atomic E-state index is 0.0707. The van der Waals surface area contributed by atoms with Crippen molar-refractivity contribution in [2.75, 3.05) is 13.2 Å². The molecule has 0 heterocycles. The van der Waals surface area contributed by atoms with Crippen LogP contribution in [-0.2, 0) is 28.6 Å². The van der Waals surface area contributed by atoms with Gasteiger partial charge in [0.05, 0.1) is 0 Å². The second-order valence-electron chi connectivity index (χ2n) is 22.0. The van der Waals surface area contributed by atoms with Gasteiger partial charge in [-0.15, -0.1) is 0 Å². The second-order valence-corrected chi connectivity index (χ2v) is 22.0. The van der Waals surface area contributed by atoms with Crippen molar-refractivity contribution >= 4 is 17.9 Å². The lowest BCUT2D eigenvalue weighted by atomic mass is 10.0. The molecule has 73 heavy (non-hydrogen) atoms. The van der Waals surface area contributed by atoms with Gasteiger partial charge in [-0.2, -0.15) is 0 Å². The fourth-order valence-electron chi connectivity index (χ4n) is 9.75. The quantitative estimate of drug-likeness (QED) is 0.0261. The van der Waals surface area contributed by atoms with E-state index in [4.69, 9.17) is 14.2 Å². The second kappa shape index (κ2) is 62.2. The summed E-state index contributed by atoms with van der Waals surface area (Å²) >= 11 is 0. The normalized spacial score (nSPS) is 12.2. The van der Waals surface area contributed by atoms with E-state index < -0.39 is 6.10 Å². The van der Waals surface area contributed by atoms with E-state index in [1.54, 1.807) is 0 Å². The molecule has 6 nitrogen and oxygen atoms in total. The van der Waals surface area contributed by atoms with E-state index in [1.165, 1.54) is 238 Å². The first kappa shape index (κ1) is 70.6. The van der Waals surface area contributed by atoms with Gasteiger partial charge in [-0.3, -0.25) is 14.4 Å². The van der Waals surface area contributed by atoms with Gasteiger partial charge in [0.1, 0.15) is 13.2 Å². The predicted molar refractivity (Wildman–Crippen MR) is 316 cm³/mol. The third-order valence-corrected chi connectivity index (χ3v) is 14.6. The Kier molecular flexibility index (Phi) is 60.2. The van der Waals surface area contributed by atoms with Crippen LogP contribution in [0.25, 0.3) is 0 Å². The average Bonchev–Trinajstić information content (AvgIpc) is 3.39. The molecule has 0 rings (SSSR count). The minimum atomic E-state index is -0.774. The zero-order valence-corrected chi connectivity index (χ0v) is 49.2. The van der Waals surface area contributed by atoms with Crippen LogP contribution >= 0.6 is 0 Å². The first-order valence-electron chi connectivity index (χ1n) is 32.5. The molecular formula is C67H124O6. The topological polar surface area (TPSA) is 78.9 Å². The van der Waals surface area contributed by atoms with Crippen LogP contribution < -0.4 is 0 Å². The molecular weight excluding hydrogens is 901 g/mol. The largest absolute Gasteiger partial charge is 0.462 e. The lowest BCUT2D eigenvalue weighted by Gasteiger charge is -2.18. The number of carbonyl (C=O) groups is 3. The molecule has 0 aliphatic heterocycles. The fraction of sp³-hybridized carbons (Fsp3) is 0.866. The highest BCUT2D eigenvalue weighted by Crippen LogP contribution is 2.18. The number of unbranched alkanes of at least 4 members (excludes halogenated alkanes) is 43.